The third-order valence-electron chi connectivity index (χ3n) is 5.11. The monoisotopic (exact) mass is 441 g/mol. The van der Waals surface area contributed by atoms with Gasteiger partial charge in [-0.25, -0.2) is 19.0 Å². The number of nitrogens with one attached hydrogen (secondary N) is 1. The number of aromatic nitrogens is 4. The van der Waals surface area contributed by atoms with Crippen molar-refractivity contribution in [2.24, 2.45) is 5.41 Å². The maximum atomic E-state index is 13.5. The smallest absolute Gasteiger partial charge is 0.314 e. The number of rotatable bonds is 7. The second-order valence-electron chi connectivity index (χ2n) is 7.85. The van der Waals surface area contributed by atoms with Gasteiger partial charge in [-0.15, -0.1) is 0 Å². The Kier molecular flexibility index (Phi) is 6.15. The number of nitrogens with zero attached hydrogens (tertiary/aromatic N) is 4. The highest BCUT2D eigenvalue weighted by molar-refractivity contribution is 5.74. The first kappa shape index (κ1) is 21.8. The van der Waals surface area contributed by atoms with Gasteiger partial charge in [0.25, 0.3) is 0 Å². The average molecular weight is 441 g/mol. The number of carboxylic acids is 1. The Morgan fingerprint density at radius 1 is 1.28 bits per heavy atom. The molecule has 3 heterocycles. The van der Waals surface area contributed by atoms with E-state index in [4.69, 9.17) is 9.47 Å². The number of carbonyl (C=O) groups is 1. The summed E-state index contributed by atoms with van der Waals surface area (Å²) >= 11 is 0. The molecule has 0 bridgehead atoms. The fourth-order valence-electron chi connectivity index (χ4n) is 3.20. The minimum atomic E-state index is -1.12. The zero-order valence-electron chi connectivity index (χ0n) is 17.8. The van der Waals surface area contributed by atoms with E-state index >= 15 is 0 Å². The molecule has 1 aliphatic heterocycles. The zero-order chi connectivity index (χ0) is 22.7. The highest BCUT2D eigenvalue weighted by Crippen LogP contribution is 2.33. The lowest BCUT2D eigenvalue weighted by molar-refractivity contribution is -0.235. The second-order valence-corrected chi connectivity index (χ2v) is 7.85. The van der Waals surface area contributed by atoms with E-state index in [9.17, 15) is 14.3 Å². The quantitative estimate of drug-likeness (QED) is 0.574. The van der Waals surface area contributed by atoms with Gasteiger partial charge in [0.15, 0.2) is 0 Å². The van der Waals surface area contributed by atoms with Crippen LogP contribution < -0.4 is 5.32 Å². The third kappa shape index (κ3) is 4.46. The number of hydrogen-bond acceptors (Lipinski definition) is 7. The van der Waals surface area contributed by atoms with Crippen molar-refractivity contribution in [1.82, 2.24) is 19.7 Å². The normalized spacial score (nSPS) is 20.8. The van der Waals surface area contributed by atoms with Crippen molar-refractivity contribution in [2.45, 2.75) is 26.6 Å². The van der Waals surface area contributed by atoms with Crippen LogP contribution in [0, 0.1) is 11.2 Å². The van der Waals surface area contributed by atoms with Crippen LogP contribution in [0.15, 0.2) is 42.6 Å². The van der Waals surface area contributed by atoms with Crippen LogP contribution in [0.25, 0.3) is 17.1 Å². The number of benzene rings is 1. The fraction of sp³-hybridized carbons (Fsp3) is 0.364. The maximum absolute atomic E-state index is 13.5. The van der Waals surface area contributed by atoms with Gasteiger partial charge in [0.05, 0.1) is 30.3 Å². The molecule has 0 atom stereocenters. The van der Waals surface area contributed by atoms with Crippen LogP contribution in [0.1, 0.15) is 32.3 Å². The van der Waals surface area contributed by atoms with Crippen LogP contribution in [-0.2, 0) is 14.3 Å². The number of ether oxygens (including phenoxy) is 2. The lowest BCUT2D eigenvalue weighted by Gasteiger charge is -2.33. The summed E-state index contributed by atoms with van der Waals surface area (Å²) in [4.78, 5) is 20.3. The second kappa shape index (κ2) is 9.01. The van der Waals surface area contributed by atoms with Crippen LogP contribution >= 0.6 is 0 Å². The zero-order valence-corrected chi connectivity index (χ0v) is 17.8. The van der Waals surface area contributed by atoms with Crippen molar-refractivity contribution in [3.8, 4) is 17.1 Å². The molecule has 1 aromatic carbocycles. The lowest BCUT2D eigenvalue weighted by atomic mass is 9.92. The van der Waals surface area contributed by atoms with E-state index in [1.54, 1.807) is 42.1 Å². The van der Waals surface area contributed by atoms with Gasteiger partial charge in [0.1, 0.15) is 16.9 Å². The van der Waals surface area contributed by atoms with Gasteiger partial charge in [-0.2, -0.15) is 5.10 Å². The molecule has 9 nitrogen and oxygen atoms in total. The topological polar surface area (TPSA) is 111 Å². The maximum Gasteiger partial charge on any atom is 0.314 e. The molecule has 0 amide bonds. The molecule has 0 radical (unpaired) electrons. The first-order valence-corrected chi connectivity index (χ1v) is 10.3. The van der Waals surface area contributed by atoms with Gasteiger partial charge < -0.3 is 19.9 Å². The van der Waals surface area contributed by atoms with E-state index in [1.165, 1.54) is 12.1 Å². The van der Waals surface area contributed by atoms with Crippen LogP contribution in [0.4, 0.5) is 10.3 Å². The molecule has 4 rings (SSSR count). The molecule has 2 N–H and O–H groups in total. The van der Waals surface area contributed by atoms with Gasteiger partial charge in [-0.3, -0.25) is 4.79 Å². The van der Waals surface area contributed by atoms with Crippen LogP contribution in [0.5, 0.6) is 0 Å². The summed E-state index contributed by atoms with van der Waals surface area (Å²) in [6.45, 7) is 4.33. The summed E-state index contributed by atoms with van der Waals surface area (Å²) in [5, 5.41) is 17.1. The SMILES string of the molecule is CCCNc1nccc(-c2cc(C3OCC(C)(C(=O)O)CO3)nn2-c2ccc(F)cc2)n1. The van der Waals surface area contributed by atoms with E-state index < -0.39 is 17.7 Å². The molecule has 1 aliphatic rings. The lowest BCUT2D eigenvalue weighted by Crippen LogP contribution is -2.42. The van der Waals surface area contributed by atoms with Crippen molar-refractivity contribution in [2.75, 3.05) is 25.1 Å². The molecule has 1 fully saturated rings. The number of anilines is 1. The van der Waals surface area contributed by atoms with Gasteiger partial charge in [0.2, 0.25) is 12.2 Å². The van der Waals surface area contributed by atoms with Gasteiger partial charge >= 0.3 is 5.97 Å². The van der Waals surface area contributed by atoms with Gasteiger partial charge in [-0.05, 0) is 49.7 Å². The molecular formula is C22H24FN5O4. The molecule has 2 aromatic heterocycles. The van der Waals surface area contributed by atoms with E-state index in [0.29, 0.717) is 28.7 Å². The summed E-state index contributed by atoms with van der Waals surface area (Å²) in [5.74, 6) is -0.857. The molecule has 32 heavy (non-hydrogen) atoms. The Labute approximate surface area is 184 Å². The van der Waals surface area contributed by atoms with E-state index in [1.807, 2.05) is 6.92 Å². The highest BCUT2D eigenvalue weighted by Gasteiger charge is 2.40. The van der Waals surface area contributed by atoms with E-state index in [0.717, 1.165) is 13.0 Å². The molecule has 10 heteroatoms. The summed E-state index contributed by atoms with van der Waals surface area (Å²) in [6.07, 6.45) is 1.74. The van der Waals surface area contributed by atoms with Crippen molar-refractivity contribution < 1.29 is 23.8 Å². The van der Waals surface area contributed by atoms with E-state index in [2.05, 4.69) is 20.4 Å². The molecule has 168 valence electrons. The third-order valence-corrected chi connectivity index (χ3v) is 5.11. The first-order valence-electron chi connectivity index (χ1n) is 10.3. The fourth-order valence-corrected chi connectivity index (χ4v) is 3.20. The number of carboxylic acid groups (broad SMARTS) is 1. The Morgan fingerprint density at radius 3 is 2.66 bits per heavy atom. The summed E-state index contributed by atoms with van der Waals surface area (Å²) in [6, 6.07) is 9.43. The Balaban J connectivity index is 1.70. The van der Waals surface area contributed by atoms with Crippen LogP contribution in [0.2, 0.25) is 0 Å². The molecule has 3 aromatic rings. The predicted octanol–water partition coefficient (Wildman–Crippen LogP) is 3.43. The summed E-state index contributed by atoms with van der Waals surface area (Å²) in [7, 11) is 0. The van der Waals surface area contributed by atoms with Crippen LogP contribution in [0.3, 0.4) is 0 Å². The van der Waals surface area contributed by atoms with Crippen molar-refractivity contribution in [3.05, 3.63) is 54.1 Å². The predicted molar refractivity (Wildman–Crippen MR) is 114 cm³/mol. The molecule has 0 spiro atoms. The van der Waals surface area contributed by atoms with E-state index in [-0.39, 0.29) is 19.0 Å². The first-order chi connectivity index (χ1) is 15.4. The number of aliphatic carboxylic acids is 1. The summed E-state index contributed by atoms with van der Waals surface area (Å²) < 4.78 is 26.5. The van der Waals surface area contributed by atoms with Crippen molar-refractivity contribution in [1.29, 1.82) is 0 Å². The number of hydrogen-bond donors (Lipinski definition) is 2. The molecule has 0 saturated carbocycles. The van der Waals surface area contributed by atoms with Gasteiger partial charge in [-0.1, -0.05) is 6.92 Å². The molecular weight excluding hydrogens is 417 g/mol. The Bertz CT molecular complexity index is 1090. The van der Waals surface area contributed by atoms with Gasteiger partial charge in [0, 0.05) is 12.7 Å². The molecule has 0 aliphatic carbocycles. The average Bonchev–Trinajstić information content (AvgIpc) is 3.24. The van der Waals surface area contributed by atoms with Crippen molar-refractivity contribution in [3.63, 3.8) is 0 Å². The van der Waals surface area contributed by atoms with Crippen LogP contribution in [-0.4, -0.2) is 50.6 Å². The number of halogens is 1. The minimum Gasteiger partial charge on any atom is -0.481 e. The standard InChI is InChI=1S/C22H24FN5O4/c1-3-9-24-21-25-10-8-16(26-21)18-11-17(19-31-12-22(2,13-32-19)20(29)30)27-28(18)15-6-4-14(23)5-7-15/h4-8,10-11,19H,3,9,12-13H2,1-2H3,(H,29,30)(H,24,25,26). The Hall–Kier alpha value is -3.37. The molecule has 0 unspecified atom stereocenters. The molecule has 1 saturated heterocycles. The minimum absolute atomic E-state index is 0.00959. The summed E-state index contributed by atoms with van der Waals surface area (Å²) in [5.41, 5.74) is 1.20. The highest BCUT2D eigenvalue weighted by atomic mass is 19.1. The largest absolute Gasteiger partial charge is 0.481 e. The van der Waals surface area contributed by atoms with Crippen molar-refractivity contribution >= 4 is 11.9 Å². The Morgan fingerprint density at radius 2 is 2.00 bits per heavy atom.